The maximum atomic E-state index is 12.0. The number of nitrogens with zero attached hydrogens (tertiary/aromatic N) is 2. The molecule has 0 radical (unpaired) electrons. The van der Waals surface area contributed by atoms with Gasteiger partial charge in [-0.2, -0.15) is 0 Å². The van der Waals surface area contributed by atoms with Crippen LogP contribution in [0.1, 0.15) is 17.2 Å². The van der Waals surface area contributed by atoms with Crippen molar-refractivity contribution in [2.24, 2.45) is 0 Å². The smallest absolute Gasteiger partial charge is 0.406 e. The van der Waals surface area contributed by atoms with Gasteiger partial charge in [-0.05, 0) is 37.2 Å². The van der Waals surface area contributed by atoms with Crippen LogP contribution in [0, 0.1) is 6.92 Å². The summed E-state index contributed by atoms with van der Waals surface area (Å²) in [4.78, 5) is 16.3. The zero-order valence-electron chi connectivity index (χ0n) is 12.0. The summed E-state index contributed by atoms with van der Waals surface area (Å²) in [6.07, 6.45) is 1.66. The van der Waals surface area contributed by atoms with E-state index in [0.29, 0.717) is 17.8 Å². The van der Waals surface area contributed by atoms with Crippen molar-refractivity contribution in [1.29, 1.82) is 0 Å². The summed E-state index contributed by atoms with van der Waals surface area (Å²) in [5.74, 6) is -0.377. The van der Waals surface area contributed by atoms with Crippen molar-refractivity contribution in [3.05, 3.63) is 64.3 Å². The van der Waals surface area contributed by atoms with E-state index >= 15 is 0 Å². The van der Waals surface area contributed by atoms with E-state index in [2.05, 4.69) is 29.4 Å². The number of rotatable bonds is 4. The Morgan fingerprint density at radius 1 is 1.29 bits per heavy atom. The van der Waals surface area contributed by atoms with Gasteiger partial charge in [0.05, 0.1) is 12.6 Å². The quantitative estimate of drug-likeness (QED) is 0.798. The molecule has 21 heavy (non-hydrogen) atoms. The Morgan fingerprint density at radius 3 is 2.86 bits per heavy atom. The number of aromatic nitrogens is 2. The maximum absolute atomic E-state index is 12.0. The molecule has 0 saturated carbocycles. The van der Waals surface area contributed by atoms with Crippen molar-refractivity contribution in [2.45, 2.75) is 19.5 Å². The van der Waals surface area contributed by atoms with E-state index in [0.717, 1.165) is 5.56 Å². The van der Waals surface area contributed by atoms with Crippen molar-refractivity contribution < 1.29 is 4.42 Å². The van der Waals surface area contributed by atoms with Crippen LogP contribution >= 0.6 is 0 Å². The highest BCUT2D eigenvalue weighted by Gasteiger charge is 2.17. The Kier molecular flexibility index (Phi) is 3.58. The summed E-state index contributed by atoms with van der Waals surface area (Å²) in [5.41, 5.74) is 3.45. The Labute approximate surface area is 122 Å². The second kappa shape index (κ2) is 5.54. The van der Waals surface area contributed by atoms with Crippen LogP contribution in [0.4, 0.5) is 0 Å². The van der Waals surface area contributed by atoms with Crippen LogP contribution in [0.3, 0.4) is 0 Å². The van der Waals surface area contributed by atoms with Gasteiger partial charge in [0, 0.05) is 6.20 Å². The first kappa shape index (κ1) is 13.6. The summed E-state index contributed by atoms with van der Waals surface area (Å²) in [7, 11) is 1.89. The maximum Gasteiger partial charge on any atom is 0.421 e. The molecule has 1 aromatic carbocycles. The third-order valence-corrected chi connectivity index (χ3v) is 3.70. The van der Waals surface area contributed by atoms with Gasteiger partial charge in [0.15, 0.2) is 11.2 Å². The number of hydrogen-bond acceptors (Lipinski definition) is 4. The van der Waals surface area contributed by atoms with Crippen LogP contribution in [0.25, 0.3) is 11.2 Å². The van der Waals surface area contributed by atoms with E-state index in [4.69, 9.17) is 4.42 Å². The minimum absolute atomic E-state index is 0.0201. The average Bonchev–Trinajstić information content (AvgIpc) is 2.81. The van der Waals surface area contributed by atoms with E-state index in [1.54, 1.807) is 22.9 Å². The first-order chi connectivity index (χ1) is 10.2. The lowest BCUT2D eigenvalue weighted by Crippen LogP contribution is -2.27. The molecule has 0 bridgehead atoms. The van der Waals surface area contributed by atoms with E-state index < -0.39 is 0 Å². The summed E-state index contributed by atoms with van der Waals surface area (Å²) in [6.45, 7) is 2.54. The molecule has 1 N–H and O–H groups in total. The van der Waals surface area contributed by atoms with Crippen LogP contribution < -0.4 is 11.1 Å². The Hall–Kier alpha value is -2.40. The number of pyridine rings is 1. The Balaban J connectivity index is 2.02. The van der Waals surface area contributed by atoms with Crippen molar-refractivity contribution >= 4 is 11.2 Å². The van der Waals surface area contributed by atoms with Gasteiger partial charge in [-0.1, -0.05) is 24.3 Å². The molecule has 0 aliphatic heterocycles. The molecular formula is C16H17N3O2. The number of benzene rings is 1. The Morgan fingerprint density at radius 2 is 2.10 bits per heavy atom. The van der Waals surface area contributed by atoms with Gasteiger partial charge in [0.25, 0.3) is 0 Å². The molecule has 3 rings (SSSR count). The molecule has 2 aromatic heterocycles. The molecule has 0 saturated heterocycles. The molecule has 2 heterocycles. The second-order valence-corrected chi connectivity index (χ2v) is 5.00. The molecule has 0 aliphatic carbocycles. The van der Waals surface area contributed by atoms with Crippen molar-refractivity contribution in [3.63, 3.8) is 0 Å². The van der Waals surface area contributed by atoms with Gasteiger partial charge in [-0.25, -0.2) is 9.78 Å². The van der Waals surface area contributed by atoms with Gasteiger partial charge in [0.2, 0.25) is 0 Å². The van der Waals surface area contributed by atoms with Gasteiger partial charge >= 0.3 is 5.76 Å². The van der Waals surface area contributed by atoms with E-state index in [-0.39, 0.29) is 11.8 Å². The normalized spacial score (nSPS) is 12.7. The highest BCUT2D eigenvalue weighted by atomic mass is 16.4. The van der Waals surface area contributed by atoms with Gasteiger partial charge in [-0.3, -0.25) is 4.57 Å². The number of hydrogen-bond donors (Lipinski definition) is 1. The predicted molar refractivity (Wildman–Crippen MR) is 81.2 cm³/mol. The van der Waals surface area contributed by atoms with Crippen LogP contribution in [0.15, 0.2) is 51.8 Å². The summed E-state index contributed by atoms with van der Waals surface area (Å²) in [6, 6.07) is 11.7. The fourth-order valence-electron chi connectivity index (χ4n) is 2.57. The molecular weight excluding hydrogens is 266 g/mol. The number of oxazole rings is 1. The molecule has 5 heteroatoms. The number of likely N-dealkylation sites (N-methyl/N-ethyl adjacent to an activating group) is 1. The SMILES string of the molecule is CNC(Cn1c(=O)oc2cccnc21)c1ccccc1C. The molecule has 108 valence electrons. The van der Waals surface area contributed by atoms with E-state index in [1.165, 1.54) is 5.56 Å². The predicted octanol–water partition coefficient (Wildman–Crippen LogP) is 2.26. The van der Waals surface area contributed by atoms with Crippen LogP contribution in [-0.4, -0.2) is 16.6 Å². The molecule has 1 unspecified atom stereocenters. The fourth-order valence-corrected chi connectivity index (χ4v) is 2.57. The number of nitrogens with one attached hydrogen (secondary N) is 1. The fraction of sp³-hybridized carbons (Fsp3) is 0.250. The molecule has 5 nitrogen and oxygen atoms in total. The Bertz CT molecular complexity index is 820. The molecule has 3 aromatic rings. The van der Waals surface area contributed by atoms with Gasteiger partial charge in [0.1, 0.15) is 0 Å². The minimum Gasteiger partial charge on any atom is -0.406 e. The zero-order valence-corrected chi connectivity index (χ0v) is 12.0. The highest BCUT2D eigenvalue weighted by molar-refractivity contribution is 5.67. The third-order valence-electron chi connectivity index (χ3n) is 3.70. The summed E-state index contributed by atoms with van der Waals surface area (Å²) < 4.78 is 6.80. The molecule has 0 spiro atoms. The largest absolute Gasteiger partial charge is 0.421 e. The van der Waals surface area contributed by atoms with E-state index in [1.807, 2.05) is 19.2 Å². The summed E-state index contributed by atoms with van der Waals surface area (Å²) >= 11 is 0. The van der Waals surface area contributed by atoms with Crippen LogP contribution in [0.5, 0.6) is 0 Å². The molecule has 0 fully saturated rings. The van der Waals surface area contributed by atoms with Gasteiger partial charge < -0.3 is 9.73 Å². The van der Waals surface area contributed by atoms with Crippen molar-refractivity contribution in [2.75, 3.05) is 7.05 Å². The number of aryl methyl sites for hydroxylation is 1. The summed E-state index contributed by atoms with van der Waals surface area (Å²) in [5, 5.41) is 3.26. The highest BCUT2D eigenvalue weighted by Crippen LogP contribution is 2.20. The van der Waals surface area contributed by atoms with Crippen molar-refractivity contribution in [1.82, 2.24) is 14.9 Å². The monoisotopic (exact) mass is 283 g/mol. The second-order valence-electron chi connectivity index (χ2n) is 5.00. The lowest BCUT2D eigenvalue weighted by atomic mass is 10.0. The minimum atomic E-state index is -0.377. The van der Waals surface area contributed by atoms with Gasteiger partial charge in [-0.15, -0.1) is 0 Å². The third kappa shape index (κ3) is 2.48. The van der Waals surface area contributed by atoms with Crippen LogP contribution in [0.2, 0.25) is 0 Å². The first-order valence-corrected chi connectivity index (χ1v) is 6.88. The first-order valence-electron chi connectivity index (χ1n) is 6.88. The molecule has 1 atom stereocenters. The van der Waals surface area contributed by atoms with Crippen molar-refractivity contribution in [3.8, 4) is 0 Å². The molecule has 0 aliphatic rings. The van der Waals surface area contributed by atoms with Crippen LogP contribution in [-0.2, 0) is 6.54 Å². The standard InChI is InChI=1S/C16H17N3O2/c1-11-6-3-4-7-12(11)13(17-2)10-19-15-14(21-16(19)20)8-5-9-18-15/h3-9,13,17H,10H2,1-2H3. The van der Waals surface area contributed by atoms with E-state index in [9.17, 15) is 4.79 Å². The average molecular weight is 283 g/mol. The zero-order chi connectivity index (χ0) is 14.8. The topological polar surface area (TPSA) is 60.1 Å². The number of fused-ring (bicyclic) bond motifs is 1. The molecule has 0 amide bonds. The lowest BCUT2D eigenvalue weighted by Gasteiger charge is -2.18. The lowest BCUT2D eigenvalue weighted by molar-refractivity contribution is 0.449.